The molecule has 1 heterocycles. The summed E-state index contributed by atoms with van der Waals surface area (Å²) in [4.78, 5) is 27.6. The van der Waals surface area contributed by atoms with Crippen LogP contribution in [0.25, 0.3) is 10.9 Å². The maximum atomic E-state index is 13.8. The van der Waals surface area contributed by atoms with Crippen LogP contribution < -0.4 is 25.5 Å². The molecule has 5 rings (SSSR count). The standard InChI is InChI=1S/C30H32N2O5/c1-35-27-16-13-22(17-28(27)36-2)19-31-29(33)25-18-24(37-20-21-9-5-3-6-10-21)14-15-26(25)32(30(31)34)23-11-7-4-8-12-23/h3,5-6,9-10,13-18,23H,4,7-8,11-12,19-20H2,1-2H3. The molecule has 0 amide bonds. The summed E-state index contributed by atoms with van der Waals surface area (Å²) in [5.74, 6) is 1.75. The molecule has 0 spiro atoms. The van der Waals surface area contributed by atoms with Crippen LogP contribution >= 0.6 is 0 Å². The van der Waals surface area contributed by atoms with Crippen molar-refractivity contribution in [2.45, 2.75) is 51.3 Å². The lowest BCUT2D eigenvalue weighted by Crippen LogP contribution is -2.42. The van der Waals surface area contributed by atoms with Crippen LogP contribution in [0.1, 0.15) is 49.3 Å². The van der Waals surface area contributed by atoms with Gasteiger partial charge in [-0.05, 0) is 54.3 Å². The molecule has 1 aromatic heterocycles. The molecule has 0 N–H and O–H groups in total. The predicted octanol–water partition coefficient (Wildman–Crippen LogP) is 5.31. The number of nitrogens with zero attached hydrogens (tertiary/aromatic N) is 2. The molecule has 0 radical (unpaired) electrons. The summed E-state index contributed by atoms with van der Waals surface area (Å²) in [7, 11) is 3.14. The second-order valence-electron chi connectivity index (χ2n) is 9.48. The topological polar surface area (TPSA) is 71.7 Å². The van der Waals surface area contributed by atoms with Crippen molar-refractivity contribution in [1.82, 2.24) is 9.13 Å². The zero-order valence-electron chi connectivity index (χ0n) is 21.3. The van der Waals surface area contributed by atoms with Crippen molar-refractivity contribution in [3.05, 3.63) is 98.7 Å². The second-order valence-corrected chi connectivity index (χ2v) is 9.48. The molecule has 3 aromatic carbocycles. The molecule has 1 saturated carbocycles. The zero-order chi connectivity index (χ0) is 25.8. The Hall–Kier alpha value is -4.00. The second kappa shape index (κ2) is 10.9. The fourth-order valence-electron chi connectivity index (χ4n) is 5.19. The van der Waals surface area contributed by atoms with Crippen molar-refractivity contribution in [2.75, 3.05) is 14.2 Å². The summed E-state index contributed by atoms with van der Waals surface area (Å²) in [5.41, 5.74) is 1.88. The lowest BCUT2D eigenvalue weighted by Gasteiger charge is -2.26. The van der Waals surface area contributed by atoms with Gasteiger partial charge in [-0.2, -0.15) is 0 Å². The van der Waals surface area contributed by atoms with E-state index in [1.165, 1.54) is 11.0 Å². The molecule has 1 fully saturated rings. The first-order valence-corrected chi connectivity index (χ1v) is 12.8. The average Bonchev–Trinajstić information content (AvgIpc) is 2.95. The lowest BCUT2D eigenvalue weighted by molar-refractivity contribution is 0.306. The number of methoxy groups -OCH3 is 2. The van der Waals surface area contributed by atoms with Crippen LogP contribution in [0.3, 0.4) is 0 Å². The third-order valence-electron chi connectivity index (χ3n) is 7.12. The highest BCUT2D eigenvalue weighted by Crippen LogP contribution is 2.31. The number of aromatic nitrogens is 2. The van der Waals surface area contributed by atoms with Crippen molar-refractivity contribution in [1.29, 1.82) is 0 Å². The van der Waals surface area contributed by atoms with Crippen molar-refractivity contribution >= 4 is 10.9 Å². The highest BCUT2D eigenvalue weighted by Gasteiger charge is 2.22. The van der Waals surface area contributed by atoms with Gasteiger partial charge in [0.05, 0.1) is 31.7 Å². The van der Waals surface area contributed by atoms with E-state index in [1.807, 2.05) is 53.1 Å². The van der Waals surface area contributed by atoms with Crippen LogP contribution in [0.15, 0.2) is 76.3 Å². The average molecular weight is 501 g/mol. The summed E-state index contributed by atoms with van der Waals surface area (Å²) in [6, 6.07) is 20.9. The van der Waals surface area contributed by atoms with Gasteiger partial charge in [0.25, 0.3) is 5.56 Å². The molecular formula is C30H32N2O5. The van der Waals surface area contributed by atoms with Crippen molar-refractivity contribution in [2.24, 2.45) is 0 Å². The molecule has 0 bridgehead atoms. The van der Waals surface area contributed by atoms with Gasteiger partial charge in [0.15, 0.2) is 11.5 Å². The van der Waals surface area contributed by atoms with E-state index in [4.69, 9.17) is 14.2 Å². The summed E-state index contributed by atoms with van der Waals surface area (Å²) >= 11 is 0. The number of hydrogen-bond acceptors (Lipinski definition) is 5. The third kappa shape index (κ3) is 5.12. The smallest absolute Gasteiger partial charge is 0.332 e. The first-order chi connectivity index (χ1) is 18.1. The van der Waals surface area contributed by atoms with Gasteiger partial charge in [0.2, 0.25) is 0 Å². The van der Waals surface area contributed by atoms with E-state index in [-0.39, 0.29) is 23.8 Å². The molecular weight excluding hydrogens is 468 g/mol. The molecule has 1 aliphatic rings. The molecule has 0 unspecified atom stereocenters. The van der Waals surface area contributed by atoms with Crippen LogP contribution in [-0.4, -0.2) is 23.4 Å². The Bertz CT molecular complexity index is 1500. The van der Waals surface area contributed by atoms with E-state index in [2.05, 4.69) is 0 Å². The molecule has 0 saturated heterocycles. The molecule has 0 atom stereocenters. The van der Waals surface area contributed by atoms with E-state index >= 15 is 0 Å². The molecule has 1 aliphatic carbocycles. The predicted molar refractivity (Wildman–Crippen MR) is 144 cm³/mol. The van der Waals surface area contributed by atoms with Crippen LogP contribution in [0.2, 0.25) is 0 Å². The lowest BCUT2D eigenvalue weighted by atomic mass is 9.95. The maximum Gasteiger partial charge on any atom is 0.332 e. The van der Waals surface area contributed by atoms with Gasteiger partial charge in [-0.25, -0.2) is 4.79 Å². The highest BCUT2D eigenvalue weighted by molar-refractivity contribution is 5.80. The SMILES string of the molecule is COc1ccc(Cn2c(=O)c3cc(OCc4ccccc4)ccc3n(C3CCCCC3)c2=O)cc1OC. The number of hydrogen-bond donors (Lipinski definition) is 0. The fraction of sp³-hybridized carbons (Fsp3) is 0.333. The zero-order valence-corrected chi connectivity index (χ0v) is 21.3. The summed E-state index contributed by atoms with van der Waals surface area (Å²) in [5, 5.41) is 0.483. The molecule has 192 valence electrons. The van der Waals surface area contributed by atoms with Crippen LogP contribution in [0.4, 0.5) is 0 Å². The van der Waals surface area contributed by atoms with Gasteiger partial charge in [0.1, 0.15) is 12.4 Å². The molecule has 7 nitrogen and oxygen atoms in total. The van der Waals surface area contributed by atoms with Gasteiger partial charge < -0.3 is 14.2 Å². The van der Waals surface area contributed by atoms with Gasteiger partial charge in [-0.15, -0.1) is 0 Å². The minimum absolute atomic E-state index is 0.0668. The maximum absolute atomic E-state index is 13.8. The number of fused-ring (bicyclic) bond motifs is 1. The Balaban J connectivity index is 1.59. The van der Waals surface area contributed by atoms with Gasteiger partial charge in [-0.1, -0.05) is 55.7 Å². The molecule has 0 aliphatic heterocycles. The van der Waals surface area contributed by atoms with E-state index in [9.17, 15) is 9.59 Å². The van der Waals surface area contributed by atoms with Crippen LogP contribution in [0.5, 0.6) is 17.2 Å². The van der Waals surface area contributed by atoms with Crippen LogP contribution in [-0.2, 0) is 13.2 Å². The number of ether oxygens (including phenoxy) is 3. The van der Waals surface area contributed by atoms with E-state index < -0.39 is 0 Å². The van der Waals surface area contributed by atoms with Crippen molar-refractivity contribution in [3.63, 3.8) is 0 Å². The quantitative estimate of drug-likeness (QED) is 0.328. The summed E-state index contributed by atoms with van der Waals surface area (Å²) in [6.07, 6.45) is 5.18. The Morgan fingerprint density at radius 3 is 2.30 bits per heavy atom. The van der Waals surface area contributed by atoms with Crippen molar-refractivity contribution in [3.8, 4) is 17.2 Å². The Morgan fingerprint density at radius 1 is 0.811 bits per heavy atom. The van der Waals surface area contributed by atoms with Gasteiger partial charge in [0, 0.05) is 6.04 Å². The molecule has 7 heteroatoms. The normalized spacial score (nSPS) is 14.0. The van der Waals surface area contributed by atoms with Gasteiger partial charge >= 0.3 is 5.69 Å². The van der Waals surface area contributed by atoms with Crippen molar-refractivity contribution < 1.29 is 14.2 Å². The summed E-state index contributed by atoms with van der Waals surface area (Å²) in [6.45, 7) is 0.532. The Labute approximate surface area is 215 Å². The Morgan fingerprint density at radius 2 is 1.57 bits per heavy atom. The first kappa shape index (κ1) is 24.7. The number of rotatable bonds is 8. The number of benzene rings is 3. The summed E-state index contributed by atoms with van der Waals surface area (Å²) < 4.78 is 20.0. The Kier molecular flexibility index (Phi) is 7.30. The van der Waals surface area contributed by atoms with E-state index in [0.717, 1.165) is 36.8 Å². The minimum atomic E-state index is -0.327. The van der Waals surface area contributed by atoms with Gasteiger partial charge in [-0.3, -0.25) is 13.9 Å². The third-order valence-corrected chi connectivity index (χ3v) is 7.12. The molecule has 4 aromatic rings. The van der Waals surface area contributed by atoms with E-state index in [0.29, 0.717) is 34.8 Å². The minimum Gasteiger partial charge on any atom is -0.493 e. The monoisotopic (exact) mass is 500 g/mol. The molecule has 37 heavy (non-hydrogen) atoms. The van der Waals surface area contributed by atoms with E-state index in [1.54, 1.807) is 32.4 Å². The fourth-order valence-corrected chi connectivity index (χ4v) is 5.19. The first-order valence-electron chi connectivity index (χ1n) is 12.8. The highest BCUT2D eigenvalue weighted by atomic mass is 16.5. The largest absolute Gasteiger partial charge is 0.493 e. The van der Waals surface area contributed by atoms with Crippen LogP contribution in [0, 0.1) is 0 Å².